The van der Waals surface area contributed by atoms with Gasteiger partial charge >= 0.3 is 0 Å². The molecule has 0 spiro atoms. The normalized spacial score (nSPS) is 14.8. The first-order valence-corrected chi connectivity index (χ1v) is 11.4. The highest BCUT2D eigenvalue weighted by atomic mass is 16.1. The van der Waals surface area contributed by atoms with Crippen molar-refractivity contribution < 1.29 is 0 Å². The summed E-state index contributed by atoms with van der Waals surface area (Å²) in [5, 5.41) is 0.595. The molecule has 0 radical (unpaired) electrons. The molecule has 31 heavy (non-hydrogen) atoms. The summed E-state index contributed by atoms with van der Waals surface area (Å²) in [6, 6.07) is 7.85. The average Bonchev–Trinajstić information content (AvgIpc) is 3.06. The van der Waals surface area contributed by atoms with Gasteiger partial charge in [-0.2, -0.15) is 0 Å². The fourth-order valence-corrected chi connectivity index (χ4v) is 4.68. The van der Waals surface area contributed by atoms with Gasteiger partial charge in [0.05, 0.1) is 11.0 Å². The Morgan fingerprint density at radius 3 is 2.48 bits per heavy atom. The quantitative estimate of drug-likeness (QED) is 0.423. The van der Waals surface area contributed by atoms with E-state index in [9.17, 15) is 4.79 Å². The summed E-state index contributed by atoms with van der Waals surface area (Å²) < 4.78 is 3.91. The molecule has 3 aromatic heterocycles. The lowest BCUT2D eigenvalue weighted by Gasteiger charge is -2.14. The van der Waals surface area contributed by atoms with E-state index in [-0.39, 0.29) is 5.56 Å². The van der Waals surface area contributed by atoms with Crippen LogP contribution in [0.3, 0.4) is 0 Å². The molecule has 1 aliphatic rings. The number of aryl methyl sites for hydroxylation is 2. The SMILES string of the molecule is Cc1nc2c(c(=O)n1CC(C)C)c1nc3ccccc3nc1n2CCC1=CCCCC1. The van der Waals surface area contributed by atoms with Crippen LogP contribution in [0.5, 0.6) is 0 Å². The van der Waals surface area contributed by atoms with Gasteiger partial charge in [0.25, 0.3) is 5.56 Å². The fourth-order valence-electron chi connectivity index (χ4n) is 4.68. The molecule has 0 amide bonds. The van der Waals surface area contributed by atoms with Crippen LogP contribution in [0.4, 0.5) is 0 Å². The molecule has 4 aromatic rings. The molecule has 0 aliphatic heterocycles. The first kappa shape index (κ1) is 19.9. The number of benzene rings is 1. The number of allylic oxidation sites excluding steroid dienone is 2. The maximum atomic E-state index is 13.6. The Bertz CT molecular complexity index is 1380. The van der Waals surface area contributed by atoms with Crippen molar-refractivity contribution in [3.63, 3.8) is 0 Å². The predicted octanol–water partition coefficient (Wildman–Crippen LogP) is 5.15. The third kappa shape index (κ3) is 3.54. The molecule has 5 rings (SSSR count). The summed E-state index contributed by atoms with van der Waals surface area (Å²) in [6.45, 7) is 7.56. The molecule has 0 fully saturated rings. The Morgan fingerprint density at radius 2 is 1.77 bits per heavy atom. The van der Waals surface area contributed by atoms with E-state index in [1.807, 2.05) is 31.2 Å². The second kappa shape index (κ2) is 7.91. The van der Waals surface area contributed by atoms with Crippen molar-refractivity contribution in [2.24, 2.45) is 5.92 Å². The van der Waals surface area contributed by atoms with Crippen molar-refractivity contribution >= 4 is 33.2 Å². The summed E-state index contributed by atoms with van der Waals surface area (Å²) in [4.78, 5) is 28.3. The van der Waals surface area contributed by atoms with Gasteiger partial charge in [0.15, 0.2) is 11.3 Å². The van der Waals surface area contributed by atoms with Crippen molar-refractivity contribution in [1.29, 1.82) is 0 Å². The highest BCUT2D eigenvalue weighted by molar-refractivity contribution is 6.04. The van der Waals surface area contributed by atoms with E-state index in [1.54, 1.807) is 4.57 Å². The lowest BCUT2D eigenvalue weighted by Crippen LogP contribution is -2.26. The molecule has 0 saturated heterocycles. The minimum absolute atomic E-state index is 0.0126. The zero-order valence-corrected chi connectivity index (χ0v) is 18.6. The lowest BCUT2D eigenvalue weighted by atomic mass is 9.97. The lowest BCUT2D eigenvalue weighted by molar-refractivity contribution is 0.497. The Balaban J connectivity index is 1.77. The molecule has 1 aromatic carbocycles. The first-order chi connectivity index (χ1) is 15.0. The molecule has 160 valence electrons. The van der Waals surface area contributed by atoms with E-state index in [4.69, 9.17) is 15.0 Å². The molecule has 3 heterocycles. The van der Waals surface area contributed by atoms with Crippen molar-refractivity contribution in [3.05, 3.63) is 52.1 Å². The number of hydrogen-bond donors (Lipinski definition) is 0. The Morgan fingerprint density at radius 1 is 1.00 bits per heavy atom. The third-order valence-corrected chi connectivity index (χ3v) is 6.23. The zero-order chi connectivity index (χ0) is 21.5. The number of para-hydroxylation sites is 2. The van der Waals surface area contributed by atoms with E-state index in [1.165, 1.54) is 31.3 Å². The third-order valence-electron chi connectivity index (χ3n) is 6.23. The van der Waals surface area contributed by atoms with Crippen LogP contribution in [0.1, 0.15) is 51.8 Å². The average molecular weight is 416 g/mol. The molecular weight excluding hydrogens is 386 g/mol. The molecule has 0 N–H and O–H groups in total. The van der Waals surface area contributed by atoms with Gasteiger partial charge in [0.1, 0.15) is 16.7 Å². The van der Waals surface area contributed by atoms with Crippen LogP contribution < -0.4 is 5.56 Å². The van der Waals surface area contributed by atoms with Gasteiger partial charge in [-0.05, 0) is 57.1 Å². The number of aromatic nitrogens is 5. The molecule has 0 atom stereocenters. The highest BCUT2D eigenvalue weighted by Gasteiger charge is 2.21. The Labute approximate surface area is 181 Å². The summed E-state index contributed by atoms with van der Waals surface area (Å²) in [7, 11) is 0. The Kier molecular flexibility index (Phi) is 5.08. The minimum atomic E-state index is -0.0126. The van der Waals surface area contributed by atoms with Gasteiger partial charge in [-0.1, -0.05) is 37.6 Å². The minimum Gasteiger partial charge on any atom is -0.308 e. The maximum absolute atomic E-state index is 13.6. The van der Waals surface area contributed by atoms with Crippen molar-refractivity contribution in [1.82, 2.24) is 24.1 Å². The van der Waals surface area contributed by atoms with E-state index < -0.39 is 0 Å². The van der Waals surface area contributed by atoms with Gasteiger partial charge in [-0.15, -0.1) is 0 Å². The summed E-state index contributed by atoms with van der Waals surface area (Å²) in [5.41, 5.74) is 5.28. The van der Waals surface area contributed by atoms with E-state index in [0.717, 1.165) is 35.5 Å². The number of fused-ring (bicyclic) bond motifs is 4. The maximum Gasteiger partial charge on any atom is 0.265 e. The molecular formula is C25H29N5O. The molecule has 0 bridgehead atoms. The van der Waals surface area contributed by atoms with E-state index in [2.05, 4.69) is 24.5 Å². The van der Waals surface area contributed by atoms with Gasteiger partial charge in [-0.25, -0.2) is 15.0 Å². The van der Waals surface area contributed by atoms with Gasteiger partial charge in [0, 0.05) is 13.1 Å². The summed E-state index contributed by atoms with van der Waals surface area (Å²) in [5.74, 6) is 1.10. The monoisotopic (exact) mass is 415 g/mol. The van der Waals surface area contributed by atoms with E-state index in [0.29, 0.717) is 29.0 Å². The highest BCUT2D eigenvalue weighted by Crippen LogP contribution is 2.28. The van der Waals surface area contributed by atoms with Gasteiger partial charge in [0.2, 0.25) is 0 Å². The standard InChI is InChI=1S/C25H29N5O/c1-16(2)15-30-17(3)26-23-21(25(30)31)22-24(28-20-12-8-7-11-19(20)27-22)29(23)14-13-18-9-5-4-6-10-18/h7-9,11-12,16H,4-6,10,13-15H2,1-3H3. The topological polar surface area (TPSA) is 65.6 Å². The second-order valence-electron chi connectivity index (χ2n) is 9.06. The second-order valence-corrected chi connectivity index (χ2v) is 9.06. The fraction of sp³-hybridized carbons (Fsp3) is 0.440. The first-order valence-electron chi connectivity index (χ1n) is 11.4. The van der Waals surface area contributed by atoms with Gasteiger partial charge < -0.3 is 4.57 Å². The van der Waals surface area contributed by atoms with Crippen LogP contribution in [0.15, 0.2) is 40.7 Å². The van der Waals surface area contributed by atoms with Crippen molar-refractivity contribution in [2.45, 2.75) is 66.0 Å². The molecule has 6 nitrogen and oxygen atoms in total. The summed E-state index contributed by atoms with van der Waals surface area (Å²) in [6.07, 6.45) is 8.23. The smallest absolute Gasteiger partial charge is 0.265 e. The molecule has 0 saturated carbocycles. The van der Waals surface area contributed by atoms with Crippen molar-refractivity contribution in [3.8, 4) is 0 Å². The van der Waals surface area contributed by atoms with Crippen LogP contribution in [0, 0.1) is 12.8 Å². The van der Waals surface area contributed by atoms with Crippen LogP contribution in [-0.2, 0) is 13.1 Å². The number of rotatable bonds is 5. The van der Waals surface area contributed by atoms with Crippen LogP contribution in [0.25, 0.3) is 33.2 Å². The largest absolute Gasteiger partial charge is 0.308 e. The zero-order valence-electron chi connectivity index (χ0n) is 18.6. The van der Waals surface area contributed by atoms with Crippen LogP contribution >= 0.6 is 0 Å². The molecule has 6 heteroatoms. The predicted molar refractivity (Wildman–Crippen MR) is 125 cm³/mol. The van der Waals surface area contributed by atoms with E-state index >= 15 is 0 Å². The van der Waals surface area contributed by atoms with Gasteiger partial charge in [-0.3, -0.25) is 9.36 Å². The number of nitrogens with zero attached hydrogens (tertiary/aromatic N) is 5. The number of hydrogen-bond acceptors (Lipinski definition) is 4. The summed E-state index contributed by atoms with van der Waals surface area (Å²) >= 11 is 0. The molecule has 1 aliphatic carbocycles. The Hall–Kier alpha value is -3.02. The molecule has 0 unspecified atom stereocenters. The van der Waals surface area contributed by atoms with Crippen LogP contribution in [0.2, 0.25) is 0 Å². The van der Waals surface area contributed by atoms with Crippen molar-refractivity contribution in [2.75, 3.05) is 0 Å². The van der Waals surface area contributed by atoms with Crippen LogP contribution in [-0.4, -0.2) is 24.1 Å².